The van der Waals surface area contributed by atoms with Gasteiger partial charge in [0.05, 0.1) is 17.8 Å². The molecule has 1 aliphatic heterocycles. The lowest BCUT2D eigenvalue weighted by atomic mass is 10.1. The van der Waals surface area contributed by atoms with Crippen LogP contribution in [0.15, 0.2) is 34.6 Å². The molecule has 1 atom stereocenters. The molecule has 3 aromatic rings. The molecule has 36 heavy (non-hydrogen) atoms. The maximum absolute atomic E-state index is 13.3. The largest absolute Gasteiger partial charge is 0.478 e. The number of aromatic nitrogens is 3. The SMILES string of the molecule is CC(C)c1csc(/C=C/c2ccn3c(=O)c(/C=C/C(=O)O)c(N4CCCC(OC(N)=O)C4)nc3c2)n1. The molecule has 1 unspecified atom stereocenters. The predicted molar refractivity (Wildman–Crippen MR) is 139 cm³/mol. The number of primary amides is 1. The summed E-state index contributed by atoms with van der Waals surface area (Å²) in [5.74, 6) is -0.495. The molecule has 0 aliphatic carbocycles. The maximum atomic E-state index is 13.3. The van der Waals surface area contributed by atoms with Crippen molar-refractivity contribution < 1.29 is 19.4 Å². The van der Waals surface area contributed by atoms with E-state index < -0.39 is 23.7 Å². The smallest absolute Gasteiger partial charge is 0.404 e. The average molecular weight is 510 g/mol. The summed E-state index contributed by atoms with van der Waals surface area (Å²) in [6, 6.07) is 3.57. The Labute approximate surface area is 211 Å². The zero-order valence-corrected chi connectivity index (χ0v) is 20.8. The highest BCUT2D eigenvalue weighted by molar-refractivity contribution is 7.10. The van der Waals surface area contributed by atoms with Crippen LogP contribution in [0, 0.1) is 0 Å². The quantitative estimate of drug-likeness (QED) is 0.460. The molecule has 3 N–H and O–H groups in total. The van der Waals surface area contributed by atoms with Crippen molar-refractivity contribution in [1.82, 2.24) is 14.4 Å². The van der Waals surface area contributed by atoms with Crippen LogP contribution in [0.25, 0.3) is 23.9 Å². The number of carboxylic acid groups (broad SMARTS) is 1. The topological polar surface area (TPSA) is 140 Å². The van der Waals surface area contributed by atoms with Crippen LogP contribution in [0.2, 0.25) is 0 Å². The van der Waals surface area contributed by atoms with E-state index in [1.165, 1.54) is 10.5 Å². The predicted octanol–water partition coefficient (Wildman–Crippen LogP) is 3.61. The van der Waals surface area contributed by atoms with Crippen molar-refractivity contribution in [2.75, 3.05) is 18.0 Å². The van der Waals surface area contributed by atoms with E-state index in [4.69, 9.17) is 20.6 Å². The number of ether oxygens (including phenoxy) is 1. The van der Waals surface area contributed by atoms with Gasteiger partial charge in [0.2, 0.25) is 0 Å². The number of thiazole rings is 1. The molecule has 1 saturated heterocycles. The zero-order valence-electron chi connectivity index (χ0n) is 20.0. The van der Waals surface area contributed by atoms with E-state index in [0.29, 0.717) is 43.3 Å². The second-order valence-corrected chi connectivity index (χ2v) is 9.65. The van der Waals surface area contributed by atoms with E-state index in [0.717, 1.165) is 22.3 Å². The van der Waals surface area contributed by atoms with Crippen molar-refractivity contribution in [1.29, 1.82) is 0 Å². The lowest BCUT2D eigenvalue weighted by molar-refractivity contribution is -0.131. The van der Waals surface area contributed by atoms with Crippen molar-refractivity contribution in [3.8, 4) is 0 Å². The number of carboxylic acids is 1. The molecule has 0 radical (unpaired) electrons. The van der Waals surface area contributed by atoms with Gasteiger partial charge in [0.1, 0.15) is 22.6 Å². The molecular formula is C25H27N5O5S. The van der Waals surface area contributed by atoms with E-state index in [-0.39, 0.29) is 5.56 Å². The first-order valence-corrected chi connectivity index (χ1v) is 12.4. The number of nitrogens with zero attached hydrogens (tertiary/aromatic N) is 4. The van der Waals surface area contributed by atoms with Crippen LogP contribution in [0.3, 0.4) is 0 Å². The highest BCUT2D eigenvalue weighted by Gasteiger charge is 2.26. The van der Waals surface area contributed by atoms with Crippen molar-refractivity contribution in [2.45, 2.75) is 38.7 Å². The van der Waals surface area contributed by atoms with E-state index in [9.17, 15) is 14.4 Å². The van der Waals surface area contributed by atoms with Crippen molar-refractivity contribution >= 4 is 53.1 Å². The molecule has 1 amide bonds. The number of hydrogen-bond donors (Lipinski definition) is 2. The summed E-state index contributed by atoms with van der Waals surface area (Å²) in [7, 11) is 0. The van der Waals surface area contributed by atoms with Crippen LogP contribution < -0.4 is 16.2 Å². The van der Waals surface area contributed by atoms with Crippen molar-refractivity contribution in [2.24, 2.45) is 5.73 Å². The zero-order chi connectivity index (χ0) is 25.8. The highest BCUT2D eigenvalue weighted by atomic mass is 32.1. The Balaban J connectivity index is 1.73. The fourth-order valence-electron chi connectivity index (χ4n) is 4.00. The summed E-state index contributed by atoms with van der Waals surface area (Å²) in [4.78, 5) is 46.9. The van der Waals surface area contributed by atoms with Crippen LogP contribution in [-0.2, 0) is 9.53 Å². The van der Waals surface area contributed by atoms with Gasteiger partial charge in [0, 0.05) is 24.2 Å². The van der Waals surface area contributed by atoms with E-state index in [2.05, 4.69) is 18.8 Å². The number of rotatable bonds is 7. The Morgan fingerprint density at radius 2 is 2.08 bits per heavy atom. The van der Waals surface area contributed by atoms with Gasteiger partial charge in [-0.3, -0.25) is 9.20 Å². The third-order valence-corrected chi connectivity index (χ3v) is 6.60. The molecular weight excluding hydrogens is 482 g/mol. The molecule has 10 nitrogen and oxygen atoms in total. The second kappa shape index (κ2) is 10.7. The van der Waals surface area contributed by atoms with Crippen LogP contribution in [0.4, 0.5) is 10.6 Å². The number of nitrogens with two attached hydrogens (primary N) is 1. The number of hydrogen-bond acceptors (Lipinski definition) is 8. The molecule has 4 heterocycles. The fourth-order valence-corrected chi connectivity index (χ4v) is 4.87. The van der Waals surface area contributed by atoms with Crippen LogP contribution in [0.5, 0.6) is 0 Å². The summed E-state index contributed by atoms with van der Waals surface area (Å²) in [5, 5.41) is 12.1. The highest BCUT2D eigenvalue weighted by Crippen LogP contribution is 2.24. The number of anilines is 1. The Hall–Kier alpha value is -3.99. The molecule has 4 rings (SSSR count). The van der Waals surface area contributed by atoms with E-state index >= 15 is 0 Å². The van der Waals surface area contributed by atoms with Crippen LogP contribution >= 0.6 is 11.3 Å². The van der Waals surface area contributed by atoms with Gasteiger partial charge in [0.25, 0.3) is 5.56 Å². The number of pyridine rings is 1. The summed E-state index contributed by atoms with van der Waals surface area (Å²) in [6.07, 6.45) is 7.61. The van der Waals surface area contributed by atoms with Crippen molar-refractivity contribution in [3.05, 3.63) is 62.0 Å². The van der Waals surface area contributed by atoms with Gasteiger partial charge in [-0.15, -0.1) is 11.3 Å². The Morgan fingerprint density at radius 3 is 2.78 bits per heavy atom. The third-order valence-electron chi connectivity index (χ3n) is 5.77. The van der Waals surface area contributed by atoms with Gasteiger partial charge in [-0.05, 0) is 48.6 Å². The molecule has 1 fully saturated rings. The van der Waals surface area contributed by atoms with Crippen molar-refractivity contribution in [3.63, 3.8) is 0 Å². The molecule has 11 heteroatoms. The summed E-state index contributed by atoms with van der Waals surface area (Å²) in [6.45, 7) is 5.05. The molecule has 3 aromatic heterocycles. The number of fused-ring (bicyclic) bond motifs is 1. The Morgan fingerprint density at radius 1 is 1.28 bits per heavy atom. The minimum atomic E-state index is -1.18. The minimum Gasteiger partial charge on any atom is -0.478 e. The fraction of sp³-hybridized carbons (Fsp3) is 0.320. The van der Waals surface area contributed by atoms with Gasteiger partial charge in [-0.25, -0.2) is 19.6 Å². The van der Waals surface area contributed by atoms with Crippen LogP contribution in [0.1, 0.15) is 54.4 Å². The molecule has 0 bridgehead atoms. The number of aliphatic carboxylic acids is 1. The minimum absolute atomic E-state index is 0.141. The number of carbonyl (C=O) groups is 2. The first kappa shape index (κ1) is 25.1. The van der Waals surface area contributed by atoms with E-state index in [1.54, 1.807) is 29.7 Å². The number of carbonyl (C=O) groups excluding carboxylic acids is 1. The summed E-state index contributed by atoms with van der Waals surface area (Å²) < 4.78 is 6.55. The molecule has 0 saturated carbocycles. The second-order valence-electron chi connectivity index (χ2n) is 8.76. The van der Waals surface area contributed by atoms with Gasteiger partial charge in [-0.1, -0.05) is 19.9 Å². The molecule has 0 spiro atoms. The Bertz CT molecular complexity index is 1410. The van der Waals surface area contributed by atoms with Crippen LogP contribution in [-0.4, -0.2) is 50.7 Å². The first-order valence-electron chi connectivity index (χ1n) is 11.5. The maximum Gasteiger partial charge on any atom is 0.404 e. The summed E-state index contributed by atoms with van der Waals surface area (Å²) >= 11 is 1.56. The van der Waals surface area contributed by atoms with E-state index in [1.807, 2.05) is 22.4 Å². The normalized spacial score (nSPS) is 16.4. The standard InChI is InChI=1S/C25H27N5O5S/c1-15(2)19-14-36-21(27-19)7-5-16-9-11-30-20(12-16)28-23(18(24(30)33)6-8-22(31)32)29-10-3-4-17(13-29)35-25(26)34/h5-9,11-12,14-15,17H,3-4,10,13H2,1-2H3,(H2,26,34)(H,31,32)/b7-5+,8-6+. The monoisotopic (exact) mass is 509 g/mol. The lowest BCUT2D eigenvalue weighted by Crippen LogP contribution is -2.43. The molecule has 188 valence electrons. The van der Waals surface area contributed by atoms with Gasteiger partial charge >= 0.3 is 12.1 Å². The van der Waals surface area contributed by atoms with Gasteiger partial charge < -0.3 is 20.5 Å². The first-order chi connectivity index (χ1) is 17.2. The van der Waals surface area contributed by atoms with Gasteiger partial charge in [0.15, 0.2) is 0 Å². The molecule has 1 aliphatic rings. The number of amides is 1. The number of piperidine rings is 1. The Kier molecular flexibility index (Phi) is 7.49. The lowest BCUT2D eigenvalue weighted by Gasteiger charge is -2.33. The third kappa shape index (κ3) is 5.80. The molecule has 0 aromatic carbocycles. The summed E-state index contributed by atoms with van der Waals surface area (Å²) in [5.41, 5.74) is 7.20. The average Bonchev–Trinajstić information content (AvgIpc) is 3.31. The van der Waals surface area contributed by atoms with Gasteiger partial charge in [-0.2, -0.15) is 0 Å².